The minimum atomic E-state index is -0.610. The third kappa shape index (κ3) is 2.42. The first-order valence-corrected chi connectivity index (χ1v) is 4.51. The molecule has 4 nitrogen and oxygen atoms in total. The predicted octanol–water partition coefficient (Wildman–Crippen LogP) is 1.56. The van der Waals surface area contributed by atoms with Gasteiger partial charge < -0.3 is 9.84 Å². The van der Waals surface area contributed by atoms with E-state index >= 15 is 0 Å². The normalized spacial score (nSPS) is 13.8. The topological polar surface area (TPSA) is 55.2 Å². The zero-order valence-corrected chi connectivity index (χ0v) is 8.98. The minimum Gasteiger partial charge on any atom is -0.480 e. The van der Waals surface area contributed by atoms with E-state index < -0.39 is 6.10 Å². The van der Waals surface area contributed by atoms with Gasteiger partial charge in [0.1, 0.15) is 6.10 Å². The number of nitrogens with zero attached hydrogens (tertiary/aromatic N) is 2. The third-order valence-electron chi connectivity index (χ3n) is 1.97. The van der Waals surface area contributed by atoms with Crippen molar-refractivity contribution in [1.29, 1.82) is 0 Å². The average Bonchev–Trinajstić information content (AvgIpc) is 2.15. The molecule has 4 heteroatoms. The molecule has 0 saturated heterocycles. The van der Waals surface area contributed by atoms with Gasteiger partial charge in [-0.3, -0.25) is 0 Å². The number of hydrogen-bond donors (Lipinski definition) is 1. The maximum Gasteiger partial charge on any atom is 0.233 e. The molecule has 0 aliphatic carbocycles. The van der Waals surface area contributed by atoms with E-state index in [9.17, 15) is 5.11 Å². The largest absolute Gasteiger partial charge is 0.480 e. The molecule has 0 fully saturated rings. The molecule has 1 atom stereocenters. The predicted molar refractivity (Wildman–Crippen MR) is 53.0 cm³/mol. The van der Waals surface area contributed by atoms with Crippen molar-refractivity contribution in [3.8, 4) is 5.88 Å². The van der Waals surface area contributed by atoms with Gasteiger partial charge in [0, 0.05) is 6.07 Å². The van der Waals surface area contributed by atoms with Crippen LogP contribution in [0.4, 0.5) is 0 Å². The van der Waals surface area contributed by atoms with Crippen LogP contribution < -0.4 is 4.74 Å². The summed E-state index contributed by atoms with van der Waals surface area (Å²) < 4.78 is 4.88. The molecule has 0 bridgehead atoms. The van der Waals surface area contributed by atoms with E-state index in [1.165, 1.54) is 7.11 Å². The van der Waals surface area contributed by atoms with Crippen LogP contribution in [-0.2, 0) is 0 Å². The maximum atomic E-state index is 9.88. The van der Waals surface area contributed by atoms with E-state index in [-0.39, 0.29) is 5.41 Å². The molecule has 0 amide bonds. The summed E-state index contributed by atoms with van der Waals surface area (Å²) >= 11 is 0. The monoisotopic (exact) mass is 196 g/mol. The van der Waals surface area contributed by atoms with Crippen LogP contribution in [0.1, 0.15) is 32.6 Å². The van der Waals surface area contributed by atoms with E-state index in [4.69, 9.17) is 4.74 Å². The first kappa shape index (κ1) is 10.9. The molecule has 0 saturated carbocycles. The SMILES string of the molecule is COc1ccc(C(O)C(C)(C)C)nn1. The maximum absolute atomic E-state index is 9.88. The molecule has 78 valence electrons. The fourth-order valence-electron chi connectivity index (χ4n) is 1.03. The highest BCUT2D eigenvalue weighted by atomic mass is 16.5. The molecule has 0 radical (unpaired) electrons. The number of methoxy groups -OCH3 is 1. The van der Waals surface area contributed by atoms with E-state index in [1.54, 1.807) is 12.1 Å². The fraction of sp³-hybridized carbons (Fsp3) is 0.600. The van der Waals surface area contributed by atoms with Crippen molar-refractivity contribution in [2.75, 3.05) is 7.11 Å². The molecule has 1 N–H and O–H groups in total. The third-order valence-corrected chi connectivity index (χ3v) is 1.97. The van der Waals surface area contributed by atoms with Gasteiger partial charge in [-0.1, -0.05) is 20.8 Å². The standard InChI is InChI=1S/C10H16N2O2/c1-10(2,3)9(13)7-5-6-8(14-4)12-11-7/h5-6,9,13H,1-4H3. The van der Waals surface area contributed by atoms with Gasteiger partial charge in [-0.05, 0) is 11.5 Å². The van der Waals surface area contributed by atoms with E-state index in [1.807, 2.05) is 20.8 Å². The Morgan fingerprint density at radius 3 is 2.29 bits per heavy atom. The van der Waals surface area contributed by atoms with Crippen LogP contribution in [-0.4, -0.2) is 22.4 Å². The summed E-state index contributed by atoms with van der Waals surface area (Å²) in [6, 6.07) is 3.42. The number of rotatable bonds is 2. The summed E-state index contributed by atoms with van der Waals surface area (Å²) in [6.07, 6.45) is -0.610. The van der Waals surface area contributed by atoms with Gasteiger partial charge in [-0.25, -0.2) is 0 Å². The molecule has 1 aromatic rings. The molecule has 0 aliphatic heterocycles. The Bertz CT molecular complexity index is 290. The van der Waals surface area contributed by atoms with Gasteiger partial charge in [0.2, 0.25) is 5.88 Å². The first-order chi connectivity index (χ1) is 6.45. The minimum absolute atomic E-state index is 0.233. The molecule has 0 aliphatic rings. The number of ether oxygens (including phenoxy) is 1. The lowest BCUT2D eigenvalue weighted by Gasteiger charge is -2.24. The second-order valence-corrected chi connectivity index (χ2v) is 4.27. The van der Waals surface area contributed by atoms with Gasteiger partial charge in [0.15, 0.2) is 0 Å². The first-order valence-electron chi connectivity index (χ1n) is 4.51. The van der Waals surface area contributed by atoms with Crippen molar-refractivity contribution in [3.05, 3.63) is 17.8 Å². The zero-order chi connectivity index (χ0) is 10.8. The molecule has 14 heavy (non-hydrogen) atoms. The highest BCUT2D eigenvalue weighted by Gasteiger charge is 2.25. The molecule has 1 rings (SSSR count). The lowest BCUT2D eigenvalue weighted by molar-refractivity contribution is 0.0579. The summed E-state index contributed by atoms with van der Waals surface area (Å²) in [5.74, 6) is 0.454. The van der Waals surface area contributed by atoms with Gasteiger partial charge >= 0.3 is 0 Å². The molecule has 1 unspecified atom stereocenters. The molecular weight excluding hydrogens is 180 g/mol. The quantitative estimate of drug-likeness (QED) is 0.780. The summed E-state index contributed by atoms with van der Waals surface area (Å²) in [5.41, 5.74) is 0.335. The van der Waals surface area contributed by atoms with Crippen LogP contribution in [0.25, 0.3) is 0 Å². The Kier molecular flexibility index (Phi) is 3.06. The Labute approximate surface area is 83.9 Å². The summed E-state index contributed by atoms with van der Waals surface area (Å²) in [6.45, 7) is 5.84. The highest BCUT2D eigenvalue weighted by molar-refractivity contribution is 5.14. The highest BCUT2D eigenvalue weighted by Crippen LogP contribution is 2.31. The van der Waals surface area contributed by atoms with Gasteiger partial charge in [0.25, 0.3) is 0 Å². The average molecular weight is 196 g/mol. The van der Waals surface area contributed by atoms with Crippen LogP contribution in [0.3, 0.4) is 0 Å². The van der Waals surface area contributed by atoms with Crippen LogP contribution in [0.15, 0.2) is 12.1 Å². The van der Waals surface area contributed by atoms with Gasteiger partial charge in [0.05, 0.1) is 12.8 Å². The Hall–Kier alpha value is -1.16. The van der Waals surface area contributed by atoms with Crippen molar-refractivity contribution < 1.29 is 9.84 Å². The van der Waals surface area contributed by atoms with Crippen LogP contribution in [0.2, 0.25) is 0 Å². The second kappa shape index (κ2) is 3.92. The van der Waals surface area contributed by atoms with E-state index in [0.717, 1.165) is 0 Å². The van der Waals surface area contributed by atoms with E-state index in [0.29, 0.717) is 11.6 Å². The van der Waals surface area contributed by atoms with Crippen molar-refractivity contribution >= 4 is 0 Å². The van der Waals surface area contributed by atoms with Crippen molar-refractivity contribution in [2.24, 2.45) is 5.41 Å². The Morgan fingerprint density at radius 1 is 1.29 bits per heavy atom. The van der Waals surface area contributed by atoms with E-state index in [2.05, 4.69) is 10.2 Å². The molecule has 1 aromatic heterocycles. The van der Waals surface area contributed by atoms with Crippen LogP contribution >= 0.6 is 0 Å². The smallest absolute Gasteiger partial charge is 0.233 e. The lowest BCUT2D eigenvalue weighted by atomic mass is 9.87. The number of aliphatic hydroxyl groups excluding tert-OH is 1. The number of hydrogen-bond acceptors (Lipinski definition) is 4. The van der Waals surface area contributed by atoms with Crippen LogP contribution in [0.5, 0.6) is 5.88 Å². The molecule has 1 heterocycles. The van der Waals surface area contributed by atoms with Gasteiger partial charge in [-0.2, -0.15) is 0 Å². The Balaban J connectivity index is 2.87. The summed E-state index contributed by atoms with van der Waals surface area (Å²) in [4.78, 5) is 0. The number of aliphatic hydroxyl groups is 1. The van der Waals surface area contributed by atoms with Crippen molar-refractivity contribution in [2.45, 2.75) is 26.9 Å². The van der Waals surface area contributed by atoms with Crippen LogP contribution in [0, 0.1) is 5.41 Å². The molecular formula is C10H16N2O2. The molecule has 0 aromatic carbocycles. The summed E-state index contributed by atoms with van der Waals surface area (Å²) in [5, 5.41) is 17.6. The second-order valence-electron chi connectivity index (χ2n) is 4.27. The van der Waals surface area contributed by atoms with Crippen molar-refractivity contribution in [3.63, 3.8) is 0 Å². The fourth-order valence-corrected chi connectivity index (χ4v) is 1.03. The summed E-state index contributed by atoms with van der Waals surface area (Å²) in [7, 11) is 1.53. The van der Waals surface area contributed by atoms with Gasteiger partial charge in [-0.15, -0.1) is 10.2 Å². The lowest BCUT2D eigenvalue weighted by Crippen LogP contribution is -2.19. The zero-order valence-electron chi connectivity index (χ0n) is 8.98. The number of aromatic nitrogens is 2. The molecule has 0 spiro atoms. The Morgan fingerprint density at radius 2 is 1.93 bits per heavy atom. The van der Waals surface area contributed by atoms with Crippen molar-refractivity contribution in [1.82, 2.24) is 10.2 Å².